The normalized spacial score (nSPS) is 18.2. The van der Waals surface area contributed by atoms with Crippen LogP contribution in [0.15, 0.2) is 5.38 Å². The Morgan fingerprint density at radius 1 is 0.951 bits per heavy atom. The zero-order valence-corrected chi connectivity index (χ0v) is 24.9. The van der Waals surface area contributed by atoms with Crippen LogP contribution in [0, 0.1) is 0 Å². The maximum Gasteiger partial charge on any atom is 0.407 e. The molecule has 1 heterocycles. The minimum absolute atomic E-state index is 0.0148. The van der Waals surface area contributed by atoms with Gasteiger partial charge in [-0.3, -0.25) is 19.2 Å². The van der Waals surface area contributed by atoms with Crippen LogP contribution in [0.3, 0.4) is 0 Å². The highest BCUT2D eigenvalue weighted by Gasteiger charge is 2.31. The van der Waals surface area contributed by atoms with E-state index < -0.39 is 66.7 Å². The molecule has 0 radical (unpaired) electrons. The number of carbonyl (C=O) groups is 6. The van der Waals surface area contributed by atoms with E-state index in [1.165, 1.54) is 11.3 Å². The fraction of sp³-hybridized carbons (Fsp3) is 0.654. The number of methoxy groups -OCH3 is 1. The number of alkyl carbamates (subject to hydrolysis) is 1. The quantitative estimate of drug-likeness (QED) is 0.248. The van der Waals surface area contributed by atoms with Crippen LogP contribution in [-0.2, 0) is 38.1 Å². The molecule has 0 aromatic carbocycles. The van der Waals surface area contributed by atoms with E-state index in [2.05, 4.69) is 25.7 Å². The van der Waals surface area contributed by atoms with Crippen LogP contribution in [-0.4, -0.2) is 84.8 Å². The molecule has 1 aliphatic rings. The fourth-order valence-electron chi connectivity index (χ4n) is 3.94. The van der Waals surface area contributed by atoms with E-state index in [0.29, 0.717) is 0 Å². The highest BCUT2D eigenvalue weighted by Crippen LogP contribution is 2.34. The summed E-state index contributed by atoms with van der Waals surface area (Å²) in [5.74, 6) is -3.69. The molecule has 3 amide bonds. The van der Waals surface area contributed by atoms with Crippen molar-refractivity contribution in [2.75, 3.05) is 20.3 Å². The molecule has 3 N–H and O–H groups in total. The number of ether oxygens (including phenoxy) is 4. The Morgan fingerprint density at radius 2 is 1.54 bits per heavy atom. The number of carbonyl (C=O) groups excluding carboxylic acids is 6. The van der Waals surface area contributed by atoms with Crippen LogP contribution in [0.4, 0.5) is 4.79 Å². The Labute approximate surface area is 242 Å². The summed E-state index contributed by atoms with van der Waals surface area (Å²) in [5.41, 5.74) is -0.506. The van der Waals surface area contributed by atoms with Gasteiger partial charge in [0.15, 0.2) is 6.04 Å². The highest BCUT2D eigenvalue weighted by atomic mass is 32.1. The molecule has 0 aliphatic heterocycles. The minimum atomic E-state index is -1.38. The average molecular weight is 599 g/mol. The lowest BCUT2D eigenvalue weighted by atomic mass is 9.86. The summed E-state index contributed by atoms with van der Waals surface area (Å²) in [5, 5.41) is 10.0. The molecule has 1 saturated carbocycles. The van der Waals surface area contributed by atoms with Crippen molar-refractivity contribution in [2.24, 2.45) is 0 Å². The second-order valence-corrected chi connectivity index (χ2v) is 11.4. The van der Waals surface area contributed by atoms with Crippen molar-refractivity contribution >= 4 is 47.2 Å². The molecule has 15 heteroatoms. The van der Waals surface area contributed by atoms with E-state index in [-0.39, 0.29) is 17.7 Å². The van der Waals surface area contributed by atoms with Gasteiger partial charge in [-0.1, -0.05) is 0 Å². The van der Waals surface area contributed by atoms with Crippen LogP contribution < -0.4 is 16.0 Å². The van der Waals surface area contributed by atoms with Crippen molar-refractivity contribution in [3.8, 4) is 0 Å². The van der Waals surface area contributed by atoms with Crippen LogP contribution in [0.25, 0.3) is 0 Å². The molecule has 0 spiro atoms. The molecular formula is C26H38N4O10S. The molecule has 1 aromatic rings. The van der Waals surface area contributed by atoms with Crippen molar-refractivity contribution in [3.05, 3.63) is 16.1 Å². The molecule has 0 saturated heterocycles. The number of rotatable bonds is 11. The second kappa shape index (κ2) is 15.3. The van der Waals surface area contributed by atoms with Gasteiger partial charge in [-0.2, -0.15) is 0 Å². The molecule has 2 atom stereocenters. The summed E-state index contributed by atoms with van der Waals surface area (Å²) in [6.45, 7) is 6.67. The van der Waals surface area contributed by atoms with Gasteiger partial charge in [0, 0.05) is 31.2 Å². The summed E-state index contributed by atoms with van der Waals surface area (Å²) in [4.78, 5) is 76.9. The van der Waals surface area contributed by atoms with Crippen LogP contribution >= 0.6 is 11.3 Å². The molecule has 2 unspecified atom stereocenters. The van der Waals surface area contributed by atoms with Crippen LogP contribution in [0.1, 0.15) is 81.7 Å². The molecule has 0 bridgehead atoms. The molecule has 14 nitrogen and oxygen atoms in total. The molecular weight excluding hydrogens is 560 g/mol. The first-order chi connectivity index (χ1) is 19.2. The van der Waals surface area contributed by atoms with Crippen LogP contribution in [0.2, 0.25) is 0 Å². The number of nitrogens with zero attached hydrogens (tertiary/aromatic N) is 1. The lowest BCUT2D eigenvalue weighted by Gasteiger charge is -2.29. The number of amides is 3. The van der Waals surface area contributed by atoms with E-state index in [9.17, 15) is 28.8 Å². The summed E-state index contributed by atoms with van der Waals surface area (Å²) in [6, 6.07) is -2.74. The Bertz CT molecular complexity index is 1110. The van der Waals surface area contributed by atoms with Gasteiger partial charge in [0.05, 0.1) is 12.1 Å². The third-order valence-electron chi connectivity index (χ3n) is 5.88. The Kier molecular flexibility index (Phi) is 12.5. The maximum absolute atomic E-state index is 13.0. The molecule has 2 rings (SSSR count). The third-order valence-corrected chi connectivity index (χ3v) is 6.89. The molecule has 228 valence electrons. The highest BCUT2D eigenvalue weighted by molar-refractivity contribution is 7.09. The Hall–Kier alpha value is -3.75. The van der Waals surface area contributed by atoms with Crippen molar-refractivity contribution < 1.29 is 47.7 Å². The molecule has 1 aliphatic carbocycles. The lowest BCUT2D eigenvalue weighted by Crippen LogP contribution is -2.55. The molecule has 1 fully saturated rings. The van der Waals surface area contributed by atoms with Gasteiger partial charge < -0.3 is 34.9 Å². The van der Waals surface area contributed by atoms with Gasteiger partial charge in [-0.25, -0.2) is 14.6 Å². The lowest BCUT2D eigenvalue weighted by molar-refractivity contribution is -0.152. The first-order valence-electron chi connectivity index (χ1n) is 13.1. The number of aromatic nitrogens is 1. The monoisotopic (exact) mass is 598 g/mol. The van der Waals surface area contributed by atoms with Crippen molar-refractivity contribution in [2.45, 2.75) is 89.9 Å². The number of nitrogens with one attached hydrogen (secondary N) is 3. The van der Waals surface area contributed by atoms with Gasteiger partial charge in [0.1, 0.15) is 30.6 Å². The van der Waals surface area contributed by atoms with E-state index in [1.807, 2.05) is 0 Å². The number of hydrogen-bond acceptors (Lipinski definition) is 12. The van der Waals surface area contributed by atoms with Gasteiger partial charge in [0.2, 0.25) is 5.91 Å². The average Bonchev–Trinajstić information content (AvgIpc) is 3.38. The van der Waals surface area contributed by atoms with E-state index >= 15 is 0 Å². The predicted molar refractivity (Wildman–Crippen MR) is 145 cm³/mol. The van der Waals surface area contributed by atoms with Crippen LogP contribution in [0.5, 0.6) is 0 Å². The van der Waals surface area contributed by atoms with E-state index in [1.54, 1.807) is 26.2 Å². The van der Waals surface area contributed by atoms with Crippen molar-refractivity contribution in [1.82, 2.24) is 20.9 Å². The Balaban J connectivity index is 2.01. The standard InChI is InChI=1S/C26H38N4O10S/c1-14(31)38-11-18(21(33)29-19(24(35)37-6)12-39-15(2)32)28-22(34)20-13-41-23(30-20)16-7-9-17(10-8-16)27-25(36)40-26(3,4)5/h13,16-19H,7-12H2,1-6H3,(H,27,36)(H,28,34)(H,29,33). The van der Waals surface area contributed by atoms with E-state index in [0.717, 1.165) is 51.6 Å². The smallest absolute Gasteiger partial charge is 0.407 e. The van der Waals surface area contributed by atoms with E-state index in [4.69, 9.17) is 14.2 Å². The predicted octanol–water partition coefficient (Wildman–Crippen LogP) is 1.58. The van der Waals surface area contributed by atoms with Gasteiger partial charge in [0.25, 0.3) is 5.91 Å². The largest absolute Gasteiger partial charge is 0.467 e. The van der Waals surface area contributed by atoms with Crippen molar-refractivity contribution in [3.63, 3.8) is 0 Å². The Morgan fingerprint density at radius 3 is 2.07 bits per heavy atom. The zero-order chi connectivity index (χ0) is 30.7. The van der Waals surface area contributed by atoms with Crippen molar-refractivity contribution in [1.29, 1.82) is 0 Å². The first-order valence-corrected chi connectivity index (χ1v) is 14.0. The second-order valence-electron chi connectivity index (χ2n) is 10.5. The summed E-state index contributed by atoms with van der Waals surface area (Å²) < 4.78 is 19.7. The first kappa shape index (κ1) is 33.5. The van der Waals surface area contributed by atoms with Gasteiger partial charge in [-0.05, 0) is 46.5 Å². The minimum Gasteiger partial charge on any atom is -0.467 e. The molecule has 1 aromatic heterocycles. The SMILES string of the molecule is COC(=O)C(COC(C)=O)NC(=O)C(COC(C)=O)NC(=O)c1csc(C2CCC(NC(=O)OC(C)(C)C)CC2)n1. The summed E-state index contributed by atoms with van der Waals surface area (Å²) in [7, 11) is 1.09. The number of esters is 3. The van der Waals surface area contributed by atoms with Gasteiger partial charge >= 0.3 is 24.0 Å². The number of thiazole rings is 1. The topological polar surface area (TPSA) is 188 Å². The fourth-order valence-corrected chi connectivity index (χ4v) is 4.91. The summed E-state index contributed by atoms with van der Waals surface area (Å²) >= 11 is 1.31. The number of hydrogen-bond donors (Lipinski definition) is 3. The maximum atomic E-state index is 13.0. The molecule has 41 heavy (non-hydrogen) atoms. The third kappa shape index (κ3) is 11.7. The summed E-state index contributed by atoms with van der Waals surface area (Å²) in [6.07, 6.45) is 2.51. The van der Waals surface area contributed by atoms with Gasteiger partial charge in [-0.15, -0.1) is 11.3 Å². The zero-order valence-electron chi connectivity index (χ0n) is 24.1.